The first kappa shape index (κ1) is 13.6. The van der Waals surface area contributed by atoms with E-state index >= 15 is 0 Å². The molecular formula is C13H11F2NO2S. The summed E-state index contributed by atoms with van der Waals surface area (Å²) < 4.78 is 31.3. The fourth-order valence-electron chi connectivity index (χ4n) is 1.38. The molecule has 1 amide bonds. The SMILES string of the molecule is O=C(CSc1cc(F)ccc1F)NCc1ccco1. The molecule has 6 heteroatoms. The highest BCUT2D eigenvalue weighted by atomic mass is 32.2. The Morgan fingerprint density at radius 2 is 2.16 bits per heavy atom. The molecule has 0 fully saturated rings. The maximum absolute atomic E-state index is 13.3. The predicted molar refractivity (Wildman–Crippen MR) is 67.6 cm³/mol. The number of thioether (sulfide) groups is 1. The van der Waals surface area contributed by atoms with Crippen LogP contribution in [0.3, 0.4) is 0 Å². The van der Waals surface area contributed by atoms with Crippen molar-refractivity contribution < 1.29 is 18.0 Å². The molecule has 0 spiro atoms. The molecule has 0 atom stereocenters. The van der Waals surface area contributed by atoms with Crippen LogP contribution in [0, 0.1) is 11.6 Å². The minimum atomic E-state index is -0.537. The third-order valence-electron chi connectivity index (χ3n) is 2.29. The molecule has 0 saturated heterocycles. The first-order valence-electron chi connectivity index (χ1n) is 5.52. The van der Waals surface area contributed by atoms with Gasteiger partial charge < -0.3 is 9.73 Å². The van der Waals surface area contributed by atoms with Crippen LogP contribution in [0.25, 0.3) is 0 Å². The smallest absolute Gasteiger partial charge is 0.230 e. The van der Waals surface area contributed by atoms with E-state index in [4.69, 9.17) is 4.42 Å². The fraction of sp³-hybridized carbons (Fsp3) is 0.154. The van der Waals surface area contributed by atoms with E-state index in [0.29, 0.717) is 5.76 Å². The second-order valence-electron chi connectivity index (χ2n) is 3.72. The van der Waals surface area contributed by atoms with Gasteiger partial charge in [0.05, 0.1) is 18.6 Å². The molecule has 1 N–H and O–H groups in total. The average Bonchev–Trinajstić information content (AvgIpc) is 2.90. The van der Waals surface area contributed by atoms with E-state index < -0.39 is 11.6 Å². The summed E-state index contributed by atoms with van der Waals surface area (Å²) in [5, 5.41) is 2.62. The summed E-state index contributed by atoms with van der Waals surface area (Å²) in [4.78, 5) is 11.6. The topological polar surface area (TPSA) is 42.2 Å². The van der Waals surface area contributed by atoms with Crippen LogP contribution < -0.4 is 5.32 Å². The van der Waals surface area contributed by atoms with Crippen LogP contribution in [0.4, 0.5) is 8.78 Å². The number of hydrogen-bond acceptors (Lipinski definition) is 3. The van der Waals surface area contributed by atoms with Crippen molar-refractivity contribution in [1.29, 1.82) is 0 Å². The fourth-order valence-corrected chi connectivity index (χ4v) is 2.17. The number of rotatable bonds is 5. The Morgan fingerprint density at radius 3 is 2.89 bits per heavy atom. The summed E-state index contributed by atoms with van der Waals surface area (Å²) in [6.45, 7) is 0.276. The van der Waals surface area contributed by atoms with Crippen molar-refractivity contribution in [2.45, 2.75) is 11.4 Å². The molecular weight excluding hydrogens is 272 g/mol. The lowest BCUT2D eigenvalue weighted by molar-refractivity contribution is -0.118. The second-order valence-corrected chi connectivity index (χ2v) is 4.74. The lowest BCUT2D eigenvalue weighted by atomic mass is 10.3. The van der Waals surface area contributed by atoms with Crippen molar-refractivity contribution in [2.24, 2.45) is 0 Å². The van der Waals surface area contributed by atoms with Gasteiger partial charge in [-0.15, -0.1) is 11.8 Å². The second kappa shape index (κ2) is 6.38. The predicted octanol–water partition coefficient (Wildman–Crippen LogP) is 2.97. The lowest BCUT2D eigenvalue weighted by Gasteiger charge is -2.04. The summed E-state index contributed by atoms with van der Waals surface area (Å²) >= 11 is 0.949. The molecule has 0 unspecified atom stereocenters. The molecule has 2 rings (SSSR count). The molecule has 0 aliphatic carbocycles. The van der Waals surface area contributed by atoms with Gasteiger partial charge >= 0.3 is 0 Å². The molecule has 0 aliphatic heterocycles. The van der Waals surface area contributed by atoms with E-state index in [9.17, 15) is 13.6 Å². The highest BCUT2D eigenvalue weighted by Gasteiger charge is 2.08. The Balaban J connectivity index is 1.81. The van der Waals surface area contributed by atoms with E-state index in [1.807, 2.05) is 0 Å². The summed E-state index contributed by atoms with van der Waals surface area (Å²) in [6, 6.07) is 6.60. The lowest BCUT2D eigenvalue weighted by Crippen LogP contribution is -2.24. The van der Waals surface area contributed by atoms with Gasteiger partial charge in [0.2, 0.25) is 5.91 Å². The van der Waals surface area contributed by atoms with Crippen molar-refractivity contribution in [2.75, 3.05) is 5.75 Å². The van der Waals surface area contributed by atoms with Gasteiger partial charge in [-0.1, -0.05) is 0 Å². The number of halogens is 2. The third kappa shape index (κ3) is 4.10. The minimum Gasteiger partial charge on any atom is -0.467 e. The molecule has 0 bridgehead atoms. The van der Waals surface area contributed by atoms with Gasteiger partial charge in [0.25, 0.3) is 0 Å². The molecule has 1 aromatic carbocycles. The van der Waals surface area contributed by atoms with Gasteiger partial charge in [-0.25, -0.2) is 8.78 Å². The minimum absolute atomic E-state index is 0.0150. The van der Waals surface area contributed by atoms with Crippen LogP contribution in [0.2, 0.25) is 0 Å². The Kier molecular flexibility index (Phi) is 4.57. The number of amides is 1. The molecule has 0 aliphatic rings. The van der Waals surface area contributed by atoms with Gasteiger partial charge in [-0.3, -0.25) is 4.79 Å². The maximum Gasteiger partial charge on any atom is 0.230 e. The van der Waals surface area contributed by atoms with Gasteiger partial charge in [-0.2, -0.15) is 0 Å². The average molecular weight is 283 g/mol. The van der Waals surface area contributed by atoms with Crippen molar-refractivity contribution in [1.82, 2.24) is 5.32 Å². The first-order chi connectivity index (χ1) is 9.15. The molecule has 100 valence electrons. The highest BCUT2D eigenvalue weighted by Crippen LogP contribution is 2.22. The zero-order valence-electron chi connectivity index (χ0n) is 9.86. The molecule has 0 saturated carbocycles. The summed E-state index contributed by atoms with van der Waals surface area (Å²) in [6.07, 6.45) is 1.51. The van der Waals surface area contributed by atoms with Crippen LogP contribution >= 0.6 is 11.8 Å². The largest absolute Gasteiger partial charge is 0.467 e. The van der Waals surface area contributed by atoms with Crippen molar-refractivity contribution >= 4 is 17.7 Å². The normalized spacial score (nSPS) is 10.4. The number of carbonyl (C=O) groups excluding carboxylic acids is 1. The van der Waals surface area contributed by atoms with E-state index in [0.717, 1.165) is 30.0 Å². The van der Waals surface area contributed by atoms with Gasteiger partial charge in [0.1, 0.15) is 17.4 Å². The van der Waals surface area contributed by atoms with E-state index in [1.54, 1.807) is 12.1 Å². The molecule has 1 aromatic heterocycles. The molecule has 19 heavy (non-hydrogen) atoms. The van der Waals surface area contributed by atoms with E-state index in [2.05, 4.69) is 5.32 Å². The zero-order chi connectivity index (χ0) is 13.7. The van der Waals surface area contributed by atoms with Crippen LogP contribution in [-0.2, 0) is 11.3 Å². The Hall–Kier alpha value is -1.82. The number of furan rings is 1. The van der Waals surface area contributed by atoms with Gasteiger partial charge in [0.15, 0.2) is 0 Å². The maximum atomic E-state index is 13.3. The van der Waals surface area contributed by atoms with Crippen LogP contribution in [0.1, 0.15) is 5.76 Å². The van der Waals surface area contributed by atoms with Crippen LogP contribution in [0.5, 0.6) is 0 Å². The monoisotopic (exact) mass is 283 g/mol. The van der Waals surface area contributed by atoms with E-state index in [-0.39, 0.29) is 23.1 Å². The Bertz CT molecular complexity index is 558. The Labute approximate surface area is 113 Å². The van der Waals surface area contributed by atoms with Gasteiger partial charge in [0, 0.05) is 4.90 Å². The number of benzene rings is 1. The Morgan fingerprint density at radius 1 is 1.32 bits per heavy atom. The number of hydrogen-bond donors (Lipinski definition) is 1. The van der Waals surface area contributed by atoms with Gasteiger partial charge in [-0.05, 0) is 30.3 Å². The van der Waals surface area contributed by atoms with Crippen molar-refractivity contribution in [3.8, 4) is 0 Å². The zero-order valence-corrected chi connectivity index (χ0v) is 10.7. The first-order valence-corrected chi connectivity index (χ1v) is 6.50. The number of carbonyl (C=O) groups is 1. The molecule has 3 nitrogen and oxygen atoms in total. The van der Waals surface area contributed by atoms with E-state index in [1.165, 1.54) is 6.26 Å². The summed E-state index contributed by atoms with van der Waals surface area (Å²) in [7, 11) is 0. The third-order valence-corrected chi connectivity index (χ3v) is 3.32. The molecule has 1 heterocycles. The summed E-state index contributed by atoms with van der Waals surface area (Å²) in [5.41, 5.74) is 0. The summed E-state index contributed by atoms with van der Waals surface area (Å²) in [5.74, 6) is -0.688. The highest BCUT2D eigenvalue weighted by molar-refractivity contribution is 8.00. The molecule has 0 radical (unpaired) electrons. The van der Waals surface area contributed by atoms with Crippen molar-refractivity contribution in [3.05, 3.63) is 54.0 Å². The standard InChI is InChI=1S/C13H11F2NO2S/c14-9-3-4-11(15)12(6-9)19-8-13(17)16-7-10-2-1-5-18-10/h1-6H,7-8H2,(H,16,17). The van der Waals surface area contributed by atoms with Crippen molar-refractivity contribution in [3.63, 3.8) is 0 Å². The quantitative estimate of drug-likeness (QED) is 0.858. The van der Waals surface area contributed by atoms with Crippen LogP contribution in [-0.4, -0.2) is 11.7 Å². The van der Waals surface area contributed by atoms with Crippen LogP contribution in [0.15, 0.2) is 45.9 Å². The number of nitrogens with one attached hydrogen (secondary N) is 1. The molecule has 2 aromatic rings.